The monoisotopic (exact) mass is 416 g/mol. The van der Waals surface area contributed by atoms with Gasteiger partial charge in [0.2, 0.25) is 11.9 Å². The zero-order valence-corrected chi connectivity index (χ0v) is 17.8. The summed E-state index contributed by atoms with van der Waals surface area (Å²) in [6.07, 6.45) is 5.89. The molecule has 6 heteroatoms. The normalized spacial score (nSPS) is 16.2. The summed E-state index contributed by atoms with van der Waals surface area (Å²) in [5, 5.41) is 0. The van der Waals surface area contributed by atoms with Gasteiger partial charge in [0.05, 0.1) is 18.8 Å². The molecule has 2 N–H and O–H groups in total. The molecule has 160 valence electrons. The summed E-state index contributed by atoms with van der Waals surface area (Å²) in [5.41, 5.74) is 9.90. The maximum atomic E-state index is 13.2. The molecule has 1 atom stereocenters. The Morgan fingerprint density at radius 1 is 1.13 bits per heavy atom. The molecule has 0 bridgehead atoms. The predicted octanol–water partition coefficient (Wildman–Crippen LogP) is 4.42. The number of anilines is 1. The number of amides is 1. The van der Waals surface area contributed by atoms with Gasteiger partial charge in [0, 0.05) is 24.7 Å². The summed E-state index contributed by atoms with van der Waals surface area (Å²) in [5.74, 6) is 1.21. The van der Waals surface area contributed by atoms with Crippen molar-refractivity contribution in [2.75, 3.05) is 19.4 Å². The Morgan fingerprint density at radius 3 is 2.65 bits per heavy atom. The molecule has 1 amide bonds. The minimum absolute atomic E-state index is 0.0855. The maximum Gasteiger partial charge on any atom is 0.223 e. The highest BCUT2D eigenvalue weighted by molar-refractivity contribution is 5.78. The lowest BCUT2D eigenvalue weighted by atomic mass is 9.93. The van der Waals surface area contributed by atoms with E-state index in [1.54, 1.807) is 13.3 Å². The smallest absolute Gasteiger partial charge is 0.223 e. The first kappa shape index (κ1) is 20.8. The third-order valence-electron chi connectivity index (χ3n) is 5.85. The Morgan fingerprint density at radius 2 is 1.90 bits per heavy atom. The van der Waals surface area contributed by atoms with Crippen molar-refractivity contribution in [2.45, 2.75) is 38.1 Å². The molecular formula is C25H28N4O2. The van der Waals surface area contributed by atoms with E-state index in [-0.39, 0.29) is 17.9 Å². The van der Waals surface area contributed by atoms with Crippen molar-refractivity contribution >= 4 is 11.9 Å². The lowest BCUT2D eigenvalue weighted by Crippen LogP contribution is -2.39. The molecule has 4 rings (SSSR count). The summed E-state index contributed by atoms with van der Waals surface area (Å²) in [6.45, 7) is 0.740. The van der Waals surface area contributed by atoms with Gasteiger partial charge in [-0.1, -0.05) is 42.5 Å². The first-order valence-electron chi connectivity index (χ1n) is 10.8. The van der Waals surface area contributed by atoms with E-state index < -0.39 is 0 Å². The molecule has 1 aliphatic rings. The van der Waals surface area contributed by atoms with Crippen molar-refractivity contribution in [3.05, 3.63) is 72.1 Å². The van der Waals surface area contributed by atoms with Crippen molar-refractivity contribution < 1.29 is 9.53 Å². The number of hydrogen-bond donors (Lipinski definition) is 1. The third kappa shape index (κ3) is 4.85. The fourth-order valence-electron chi connectivity index (χ4n) is 4.20. The molecule has 0 spiro atoms. The number of carbonyl (C=O) groups excluding carboxylic acids is 1. The number of piperidine rings is 1. The van der Waals surface area contributed by atoms with Crippen molar-refractivity contribution in [3.63, 3.8) is 0 Å². The number of hydrogen-bond acceptors (Lipinski definition) is 5. The molecule has 6 nitrogen and oxygen atoms in total. The summed E-state index contributed by atoms with van der Waals surface area (Å²) >= 11 is 0. The third-order valence-corrected chi connectivity index (χ3v) is 5.85. The molecule has 1 saturated heterocycles. The summed E-state index contributed by atoms with van der Waals surface area (Å²) < 4.78 is 5.21. The number of nitrogens with two attached hydrogens (primary N) is 1. The molecule has 1 aromatic heterocycles. The van der Waals surface area contributed by atoms with E-state index in [4.69, 9.17) is 10.5 Å². The predicted molar refractivity (Wildman–Crippen MR) is 122 cm³/mol. The first-order valence-corrected chi connectivity index (χ1v) is 10.8. The number of aryl methyl sites for hydroxylation is 1. The van der Waals surface area contributed by atoms with E-state index in [0.717, 1.165) is 53.9 Å². The van der Waals surface area contributed by atoms with Crippen LogP contribution in [0.15, 0.2) is 60.8 Å². The molecule has 31 heavy (non-hydrogen) atoms. The fourth-order valence-corrected chi connectivity index (χ4v) is 4.20. The lowest BCUT2D eigenvalue weighted by molar-refractivity contribution is -0.135. The van der Waals surface area contributed by atoms with Crippen molar-refractivity contribution in [2.24, 2.45) is 0 Å². The highest BCUT2D eigenvalue weighted by atomic mass is 16.5. The van der Waals surface area contributed by atoms with Crippen LogP contribution in [0.25, 0.3) is 11.1 Å². The number of benzene rings is 2. The Bertz CT molecular complexity index is 1020. The van der Waals surface area contributed by atoms with Crippen molar-refractivity contribution in [3.8, 4) is 16.9 Å². The highest BCUT2D eigenvalue weighted by Gasteiger charge is 2.31. The van der Waals surface area contributed by atoms with Gasteiger partial charge in [0.1, 0.15) is 5.75 Å². The zero-order valence-electron chi connectivity index (χ0n) is 17.8. The molecule has 3 aromatic rings. The van der Waals surface area contributed by atoms with Gasteiger partial charge in [-0.2, -0.15) is 0 Å². The van der Waals surface area contributed by atoms with Crippen LogP contribution in [0, 0.1) is 0 Å². The second kappa shape index (κ2) is 9.60. The lowest BCUT2D eigenvalue weighted by Gasteiger charge is -2.36. The molecule has 0 radical (unpaired) electrons. The minimum Gasteiger partial charge on any atom is -0.497 e. The number of nitrogens with zero attached hydrogens (tertiary/aromatic N) is 3. The Balaban J connectivity index is 1.56. The first-order chi connectivity index (χ1) is 15.2. The van der Waals surface area contributed by atoms with Crippen LogP contribution in [-0.4, -0.2) is 34.4 Å². The molecule has 2 aromatic carbocycles. The molecule has 0 saturated carbocycles. The van der Waals surface area contributed by atoms with E-state index in [1.165, 1.54) is 0 Å². The number of nitrogen functional groups attached to an aromatic ring is 1. The van der Waals surface area contributed by atoms with Crippen LogP contribution in [0.5, 0.6) is 5.75 Å². The van der Waals surface area contributed by atoms with Crippen LogP contribution < -0.4 is 10.5 Å². The summed E-state index contributed by atoms with van der Waals surface area (Å²) in [4.78, 5) is 24.1. The SMILES string of the molecule is COc1ccc(CCC(=O)N2CCCCC2c2nc(N)ncc2-c2ccccc2)cc1. The van der Waals surface area contributed by atoms with Gasteiger partial charge < -0.3 is 15.4 Å². The number of aromatic nitrogens is 2. The standard InChI is InChI=1S/C25H28N4O2/c1-31-20-13-10-18(11-14-20)12-15-23(30)29-16-6-5-9-22(29)24-21(17-27-25(26)28-24)19-7-3-2-4-8-19/h2-4,7-8,10-11,13-14,17,22H,5-6,9,12,15-16H2,1H3,(H2,26,27,28). The van der Waals surface area contributed by atoms with Gasteiger partial charge >= 0.3 is 0 Å². The van der Waals surface area contributed by atoms with Gasteiger partial charge in [-0.15, -0.1) is 0 Å². The van der Waals surface area contributed by atoms with Crippen molar-refractivity contribution in [1.29, 1.82) is 0 Å². The van der Waals surface area contributed by atoms with E-state index in [0.29, 0.717) is 12.8 Å². The molecule has 1 aliphatic heterocycles. The molecule has 1 fully saturated rings. The van der Waals surface area contributed by atoms with E-state index in [2.05, 4.69) is 9.97 Å². The average Bonchev–Trinajstić information content (AvgIpc) is 2.83. The van der Waals surface area contributed by atoms with Gasteiger partial charge in [-0.3, -0.25) is 4.79 Å². The van der Waals surface area contributed by atoms with Crippen LogP contribution in [0.4, 0.5) is 5.95 Å². The average molecular weight is 417 g/mol. The van der Waals surface area contributed by atoms with Crippen LogP contribution in [0.2, 0.25) is 0 Å². The molecule has 1 unspecified atom stereocenters. The number of rotatable bonds is 6. The molecule has 2 heterocycles. The van der Waals surface area contributed by atoms with Gasteiger partial charge in [-0.05, 0) is 48.9 Å². The summed E-state index contributed by atoms with van der Waals surface area (Å²) in [7, 11) is 1.65. The second-order valence-corrected chi connectivity index (χ2v) is 7.84. The molecule has 0 aliphatic carbocycles. The minimum atomic E-state index is -0.0855. The number of ether oxygens (including phenoxy) is 1. The van der Waals surface area contributed by atoms with Crippen molar-refractivity contribution in [1.82, 2.24) is 14.9 Å². The number of carbonyl (C=O) groups is 1. The van der Waals surface area contributed by atoms with Gasteiger partial charge in [0.25, 0.3) is 0 Å². The second-order valence-electron chi connectivity index (χ2n) is 7.84. The van der Waals surface area contributed by atoms with E-state index in [9.17, 15) is 4.79 Å². The van der Waals surface area contributed by atoms with Crippen LogP contribution in [0.1, 0.15) is 43.0 Å². The molecular weight excluding hydrogens is 388 g/mol. The van der Waals surface area contributed by atoms with Gasteiger partial charge in [0.15, 0.2) is 0 Å². The number of likely N-dealkylation sites (tertiary alicyclic amines) is 1. The fraction of sp³-hybridized carbons (Fsp3) is 0.320. The summed E-state index contributed by atoms with van der Waals surface area (Å²) in [6, 6.07) is 17.8. The quantitative estimate of drug-likeness (QED) is 0.643. The van der Waals surface area contributed by atoms with Crippen LogP contribution >= 0.6 is 0 Å². The Labute approximate surface area is 183 Å². The Kier molecular flexibility index (Phi) is 6.46. The number of methoxy groups -OCH3 is 1. The Hall–Kier alpha value is -3.41. The highest BCUT2D eigenvalue weighted by Crippen LogP contribution is 2.36. The topological polar surface area (TPSA) is 81.3 Å². The maximum absolute atomic E-state index is 13.2. The van der Waals surface area contributed by atoms with Crippen LogP contribution in [0.3, 0.4) is 0 Å². The van der Waals surface area contributed by atoms with Crippen LogP contribution in [-0.2, 0) is 11.2 Å². The van der Waals surface area contributed by atoms with E-state index >= 15 is 0 Å². The van der Waals surface area contributed by atoms with Gasteiger partial charge in [-0.25, -0.2) is 9.97 Å². The zero-order chi connectivity index (χ0) is 21.6. The largest absolute Gasteiger partial charge is 0.497 e. The van der Waals surface area contributed by atoms with E-state index in [1.807, 2.05) is 59.5 Å².